The van der Waals surface area contributed by atoms with Crippen molar-refractivity contribution in [2.24, 2.45) is 0 Å². The fourth-order valence-corrected chi connectivity index (χ4v) is 3.07. The van der Waals surface area contributed by atoms with Gasteiger partial charge in [-0.05, 0) is 44.0 Å². The predicted molar refractivity (Wildman–Crippen MR) is 104 cm³/mol. The van der Waals surface area contributed by atoms with E-state index in [1.807, 2.05) is 38.1 Å². The molecule has 0 fully saturated rings. The number of pyridine rings is 1. The number of hydrogen-bond acceptors (Lipinski definition) is 4. The SMILES string of the molecule is Cc1ccccc1[C@H](C)NC(=O)Cc1c(C)nc(-c2ccncc2)[nH]c1=O. The molecule has 0 aliphatic heterocycles. The van der Waals surface area contributed by atoms with Crippen LogP contribution in [-0.4, -0.2) is 20.9 Å². The van der Waals surface area contributed by atoms with Crippen molar-refractivity contribution in [1.82, 2.24) is 20.3 Å². The zero-order valence-corrected chi connectivity index (χ0v) is 15.6. The van der Waals surface area contributed by atoms with Gasteiger partial charge in [-0.3, -0.25) is 14.6 Å². The summed E-state index contributed by atoms with van der Waals surface area (Å²) in [5.41, 5.74) is 3.57. The van der Waals surface area contributed by atoms with Crippen molar-refractivity contribution in [2.45, 2.75) is 33.2 Å². The molecule has 0 bridgehead atoms. The number of aromatic nitrogens is 3. The van der Waals surface area contributed by atoms with Crippen LogP contribution in [0.1, 0.15) is 35.3 Å². The van der Waals surface area contributed by atoms with Crippen LogP contribution in [0.2, 0.25) is 0 Å². The maximum absolute atomic E-state index is 12.5. The fraction of sp³-hybridized carbons (Fsp3) is 0.238. The second-order valence-electron chi connectivity index (χ2n) is 6.54. The highest BCUT2D eigenvalue weighted by Crippen LogP contribution is 2.17. The average Bonchev–Trinajstić information content (AvgIpc) is 2.65. The van der Waals surface area contributed by atoms with Crippen LogP contribution in [0.15, 0.2) is 53.6 Å². The molecule has 0 aliphatic rings. The molecule has 3 aromatic rings. The molecule has 0 saturated heterocycles. The van der Waals surface area contributed by atoms with E-state index in [9.17, 15) is 9.59 Å². The third-order valence-electron chi connectivity index (χ3n) is 4.55. The number of rotatable bonds is 5. The smallest absolute Gasteiger partial charge is 0.255 e. The Morgan fingerprint density at radius 2 is 1.85 bits per heavy atom. The summed E-state index contributed by atoms with van der Waals surface area (Å²) in [7, 11) is 0. The molecule has 138 valence electrons. The maximum atomic E-state index is 12.5. The molecule has 1 atom stereocenters. The van der Waals surface area contributed by atoms with Crippen LogP contribution in [0.25, 0.3) is 11.4 Å². The van der Waals surface area contributed by atoms with E-state index in [-0.39, 0.29) is 23.9 Å². The van der Waals surface area contributed by atoms with Crippen LogP contribution >= 0.6 is 0 Å². The monoisotopic (exact) mass is 362 g/mol. The molecule has 0 saturated carbocycles. The first-order valence-corrected chi connectivity index (χ1v) is 8.81. The van der Waals surface area contributed by atoms with Gasteiger partial charge in [0.15, 0.2) is 0 Å². The van der Waals surface area contributed by atoms with Crippen molar-refractivity contribution < 1.29 is 4.79 Å². The van der Waals surface area contributed by atoms with Crippen LogP contribution in [0.3, 0.4) is 0 Å². The molecule has 0 spiro atoms. The van der Waals surface area contributed by atoms with Crippen molar-refractivity contribution in [1.29, 1.82) is 0 Å². The highest BCUT2D eigenvalue weighted by molar-refractivity contribution is 5.79. The molecule has 1 aromatic carbocycles. The summed E-state index contributed by atoms with van der Waals surface area (Å²) in [6.45, 7) is 5.68. The van der Waals surface area contributed by atoms with E-state index in [1.165, 1.54) is 0 Å². The molecule has 0 aliphatic carbocycles. The second-order valence-corrected chi connectivity index (χ2v) is 6.54. The van der Waals surface area contributed by atoms with Crippen LogP contribution in [0, 0.1) is 13.8 Å². The minimum absolute atomic E-state index is 0.0129. The van der Waals surface area contributed by atoms with E-state index in [0.29, 0.717) is 17.1 Å². The first kappa shape index (κ1) is 18.5. The van der Waals surface area contributed by atoms with Gasteiger partial charge in [0.1, 0.15) is 5.82 Å². The minimum atomic E-state index is -0.298. The van der Waals surface area contributed by atoms with Crippen molar-refractivity contribution in [2.75, 3.05) is 0 Å². The molecule has 2 N–H and O–H groups in total. The lowest BCUT2D eigenvalue weighted by Crippen LogP contribution is -2.31. The van der Waals surface area contributed by atoms with Gasteiger partial charge < -0.3 is 10.3 Å². The lowest BCUT2D eigenvalue weighted by molar-refractivity contribution is -0.121. The van der Waals surface area contributed by atoms with Gasteiger partial charge in [0.2, 0.25) is 5.91 Å². The number of aryl methyl sites for hydroxylation is 2. The molecule has 6 nitrogen and oxygen atoms in total. The van der Waals surface area contributed by atoms with Gasteiger partial charge in [0.05, 0.1) is 12.5 Å². The predicted octanol–water partition coefficient (Wildman–Crippen LogP) is 2.87. The normalized spacial score (nSPS) is 11.8. The van der Waals surface area contributed by atoms with E-state index >= 15 is 0 Å². The van der Waals surface area contributed by atoms with Gasteiger partial charge in [-0.2, -0.15) is 0 Å². The van der Waals surface area contributed by atoms with Crippen LogP contribution in [0.5, 0.6) is 0 Å². The number of carbonyl (C=O) groups excluding carboxylic acids is 1. The third-order valence-corrected chi connectivity index (χ3v) is 4.55. The number of aromatic amines is 1. The molecule has 2 aromatic heterocycles. The molecule has 6 heteroatoms. The zero-order valence-electron chi connectivity index (χ0n) is 15.6. The Morgan fingerprint density at radius 3 is 2.52 bits per heavy atom. The molecular weight excluding hydrogens is 340 g/mol. The number of hydrogen-bond donors (Lipinski definition) is 2. The van der Waals surface area contributed by atoms with Crippen molar-refractivity contribution in [3.05, 3.63) is 81.5 Å². The van der Waals surface area contributed by atoms with Crippen LogP contribution < -0.4 is 10.9 Å². The van der Waals surface area contributed by atoms with E-state index < -0.39 is 0 Å². The van der Waals surface area contributed by atoms with Gasteiger partial charge in [-0.15, -0.1) is 0 Å². The topological polar surface area (TPSA) is 87.7 Å². The van der Waals surface area contributed by atoms with Crippen molar-refractivity contribution in [3.63, 3.8) is 0 Å². The average molecular weight is 362 g/mol. The summed E-state index contributed by atoms with van der Waals surface area (Å²) in [6, 6.07) is 11.3. The number of nitrogens with zero attached hydrogens (tertiary/aromatic N) is 2. The Morgan fingerprint density at radius 1 is 1.15 bits per heavy atom. The summed E-state index contributed by atoms with van der Waals surface area (Å²) in [6.07, 6.45) is 3.26. The quantitative estimate of drug-likeness (QED) is 0.730. The van der Waals surface area contributed by atoms with Gasteiger partial charge in [0.25, 0.3) is 5.56 Å². The molecule has 3 rings (SSSR count). The second kappa shape index (κ2) is 7.95. The molecule has 2 heterocycles. The summed E-state index contributed by atoms with van der Waals surface area (Å²) in [4.78, 5) is 36.1. The van der Waals surface area contributed by atoms with E-state index in [2.05, 4.69) is 20.3 Å². The zero-order chi connectivity index (χ0) is 19.4. The van der Waals surface area contributed by atoms with Crippen molar-refractivity contribution >= 4 is 5.91 Å². The Labute approximate surface area is 157 Å². The highest BCUT2D eigenvalue weighted by Gasteiger charge is 2.16. The number of amides is 1. The molecule has 0 unspecified atom stereocenters. The lowest BCUT2D eigenvalue weighted by atomic mass is 10.0. The largest absolute Gasteiger partial charge is 0.349 e. The number of carbonyl (C=O) groups is 1. The van der Waals surface area contributed by atoms with E-state index in [1.54, 1.807) is 31.5 Å². The summed E-state index contributed by atoms with van der Waals surface area (Å²) >= 11 is 0. The molecule has 1 amide bonds. The maximum Gasteiger partial charge on any atom is 0.255 e. The van der Waals surface area contributed by atoms with Gasteiger partial charge in [0, 0.05) is 29.2 Å². The highest BCUT2D eigenvalue weighted by atomic mass is 16.2. The molecule has 0 radical (unpaired) electrons. The standard InChI is InChI=1S/C21H22N4O2/c1-13-6-4-5-7-17(13)14(2)23-19(26)12-18-15(3)24-20(25-21(18)27)16-8-10-22-11-9-16/h4-11,14H,12H2,1-3H3,(H,23,26)(H,24,25,27)/t14-/m0/s1. The van der Waals surface area contributed by atoms with E-state index in [0.717, 1.165) is 16.7 Å². The Kier molecular flexibility index (Phi) is 5.45. The Hall–Kier alpha value is -3.28. The molecular formula is C21H22N4O2. The Balaban J connectivity index is 1.76. The molecule has 27 heavy (non-hydrogen) atoms. The third kappa shape index (κ3) is 4.28. The number of benzene rings is 1. The van der Waals surface area contributed by atoms with E-state index in [4.69, 9.17) is 0 Å². The van der Waals surface area contributed by atoms with Gasteiger partial charge >= 0.3 is 0 Å². The van der Waals surface area contributed by atoms with Crippen LogP contribution in [-0.2, 0) is 11.2 Å². The summed E-state index contributed by atoms with van der Waals surface area (Å²) < 4.78 is 0. The lowest BCUT2D eigenvalue weighted by Gasteiger charge is -2.17. The minimum Gasteiger partial charge on any atom is -0.349 e. The Bertz CT molecular complexity index is 1010. The summed E-state index contributed by atoms with van der Waals surface area (Å²) in [5, 5.41) is 2.96. The first-order valence-electron chi connectivity index (χ1n) is 8.81. The van der Waals surface area contributed by atoms with Crippen molar-refractivity contribution in [3.8, 4) is 11.4 Å². The number of H-pyrrole nitrogens is 1. The van der Waals surface area contributed by atoms with Crippen LogP contribution in [0.4, 0.5) is 0 Å². The van der Waals surface area contributed by atoms with Gasteiger partial charge in [-0.1, -0.05) is 24.3 Å². The first-order chi connectivity index (χ1) is 13.0. The summed E-state index contributed by atoms with van der Waals surface area (Å²) in [5.74, 6) is 0.259. The van der Waals surface area contributed by atoms with Gasteiger partial charge in [-0.25, -0.2) is 4.98 Å². The fourth-order valence-electron chi connectivity index (χ4n) is 3.07. The number of nitrogens with one attached hydrogen (secondary N) is 2.